The van der Waals surface area contributed by atoms with Crippen LogP contribution in [0.3, 0.4) is 0 Å². The molecule has 47 heavy (non-hydrogen) atoms. The molecule has 0 radical (unpaired) electrons. The van der Waals surface area contributed by atoms with Gasteiger partial charge < -0.3 is 14.5 Å². The van der Waals surface area contributed by atoms with Gasteiger partial charge in [-0.25, -0.2) is 0 Å². The van der Waals surface area contributed by atoms with E-state index in [0.717, 1.165) is 49.4 Å². The number of aromatic nitrogens is 1. The number of carbonyl (C=O) groups is 2. The fourth-order valence-electron chi connectivity index (χ4n) is 8.25. The standard InChI is InChI=1S/C34H26ClF3N2O5S2/c1-44-23-11-16(8-9-22(23)45-14-15-4-2-6-18(35)10-15)24-25-20-13-21(28(25)46-30-29(24)47-33(43)39-30)27-26(20)31(41)40(32(27)42)19-7-3-5-17(12-19)34(36,37)38/h2-12,20-21,24-28H,13-14H2,1H3,(H,39,43)/t20-,21-,24+,25+,26+,27+,28-/m1/s1. The molecule has 1 saturated heterocycles. The first-order valence-electron chi connectivity index (χ1n) is 15.0. The zero-order chi connectivity index (χ0) is 32.8. The van der Waals surface area contributed by atoms with Crippen LogP contribution in [0.2, 0.25) is 5.02 Å². The summed E-state index contributed by atoms with van der Waals surface area (Å²) in [5, 5.41) is 1.28. The molecular weight excluding hydrogens is 673 g/mol. The number of hydrogen-bond acceptors (Lipinski definition) is 7. The number of rotatable bonds is 6. The van der Waals surface area contributed by atoms with E-state index in [0.29, 0.717) is 22.9 Å². The van der Waals surface area contributed by atoms with Gasteiger partial charge in [0.25, 0.3) is 0 Å². The average Bonchev–Trinajstić information content (AvgIpc) is 3.78. The summed E-state index contributed by atoms with van der Waals surface area (Å²) in [6, 6.07) is 17.4. The molecule has 3 heterocycles. The topological polar surface area (TPSA) is 88.7 Å². The van der Waals surface area contributed by atoms with E-state index >= 15 is 0 Å². The Morgan fingerprint density at radius 2 is 1.72 bits per heavy atom. The van der Waals surface area contributed by atoms with E-state index in [1.165, 1.54) is 12.1 Å². The Kier molecular flexibility index (Phi) is 7.27. The summed E-state index contributed by atoms with van der Waals surface area (Å²) in [4.78, 5) is 45.1. The Morgan fingerprint density at radius 3 is 2.47 bits per heavy atom. The molecule has 2 aliphatic heterocycles. The van der Waals surface area contributed by atoms with Crippen molar-refractivity contribution in [1.82, 2.24) is 4.98 Å². The average molecular weight is 699 g/mol. The van der Waals surface area contributed by atoms with Crippen molar-refractivity contribution in [1.29, 1.82) is 0 Å². The molecular formula is C34H26ClF3N2O5S2. The molecule has 3 aromatic carbocycles. The summed E-state index contributed by atoms with van der Waals surface area (Å²) in [7, 11) is 1.55. The molecule has 0 unspecified atom stereocenters. The molecule has 2 saturated carbocycles. The molecule has 4 aliphatic rings. The number of thioether (sulfide) groups is 1. The van der Waals surface area contributed by atoms with E-state index in [9.17, 15) is 27.6 Å². The zero-order valence-corrected chi connectivity index (χ0v) is 27.0. The van der Waals surface area contributed by atoms with Gasteiger partial charge >= 0.3 is 11.0 Å². The van der Waals surface area contributed by atoms with Crippen molar-refractivity contribution >= 4 is 52.2 Å². The fraction of sp³-hybridized carbons (Fsp3) is 0.324. The molecule has 7 atom stereocenters. The molecule has 7 nitrogen and oxygen atoms in total. The number of fused-ring (bicyclic) bond motifs is 9. The molecule has 13 heteroatoms. The van der Waals surface area contributed by atoms with Gasteiger partial charge in [0.1, 0.15) is 6.61 Å². The van der Waals surface area contributed by atoms with E-state index in [2.05, 4.69) is 4.98 Å². The predicted molar refractivity (Wildman–Crippen MR) is 171 cm³/mol. The molecule has 4 aromatic rings. The maximum absolute atomic E-state index is 14.0. The highest BCUT2D eigenvalue weighted by Crippen LogP contribution is 2.69. The van der Waals surface area contributed by atoms with Crippen LogP contribution in [0.5, 0.6) is 11.5 Å². The number of anilines is 1. The number of imide groups is 1. The van der Waals surface area contributed by atoms with Crippen LogP contribution in [0.15, 0.2) is 76.6 Å². The molecule has 2 bridgehead atoms. The third-order valence-corrected chi connectivity index (χ3v) is 12.8. The van der Waals surface area contributed by atoms with Gasteiger partial charge in [0.05, 0.1) is 35.2 Å². The second-order valence-corrected chi connectivity index (χ2v) is 15.0. The normalized spacial score (nSPS) is 27.5. The quantitative estimate of drug-likeness (QED) is 0.212. The maximum Gasteiger partial charge on any atom is 0.416 e. The van der Waals surface area contributed by atoms with Crippen LogP contribution < -0.4 is 19.2 Å². The van der Waals surface area contributed by atoms with Crippen LogP contribution in [-0.4, -0.2) is 29.2 Å². The van der Waals surface area contributed by atoms with Crippen LogP contribution in [0.1, 0.15) is 33.9 Å². The smallest absolute Gasteiger partial charge is 0.416 e. The van der Waals surface area contributed by atoms with E-state index < -0.39 is 35.4 Å². The highest BCUT2D eigenvalue weighted by Gasteiger charge is 2.69. The van der Waals surface area contributed by atoms with Crippen molar-refractivity contribution in [2.24, 2.45) is 29.6 Å². The predicted octanol–water partition coefficient (Wildman–Crippen LogP) is 7.37. The minimum Gasteiger partial charge on any atom is -0.493 e. The van der Waals surface area contributed by atoms with Gasteiger partial charge in [-0.2, -0.15) is 13.2 Å². The molecule has 2 amide bonds. The van der Waals surface area contributed by atoms with E-state index in [1.54, 1.807) is 24.9 Å². The maximum atomic E-state index is 14.0. The first-order chi connectivity index (χ1) is 22.5. The lowest BCUT2D eigenvalue weighted by Crippen LogP contribution is -2.42. The molecule has 8 rings (SSSR count). The van der Waals surface area contributed by atoms with Crippen molar-refractivity contribution in [3.8, 4) is 11.5 Å². The summed E-state index contributed by atoms with van der Waals surface area (Å²) in [6.07, 6.45) is -3.96. The van der Waals surface area contributed by atoms with Crippen molar-refractivity contribution in [3.63, 3.8) is 0 Å². The molecule has 1 aromatic heterocycles. The first-order valence-corrected chi connectivity index (χ1v) is 17.1. The molecule has 1 N–H and O–H groups in total. The van der Waals surface area contributed by atoms with Crippen molar-refractivity contribution in [2.45, 2.75) is 35.4 Å². The number of ether oxygens (including phenoxy) is 2. The van der Waals surface area contributed by atoms with Gasteiger partial charge in [0.2, 0.25) is 11.8 Å². The fourth-order valence-corrected chi connectivity index (χ4v) is 11.4. The third-order valence-electron chi connectivity index (χ3n) is 9.99. The number of thiazole rings is 1. The van der Waals surface area contributed by atoms with Crippen LogP contribution in [0, 0.1) is 29.6 Å². The molecule has 242 valence electrons. The van der Waals surface area contributed by atoms with Gasteiger partial charge in [-0.05, 0) is 77.8 Å². The minimum atomic E-state index is -4.61. The Morgan fingerprint density at radius 1 is 0.957 bits per heavy atom. The highest BCUT2D eigenvalue weighted by molar-refractivity contribution is 8.00. The van der Waals surface area contributed by atoms with Crippen molar-refractivity contribution < 1.29 is 32.2 Å². The second kappa shape index (κ2) is 11.2. The number of hydrogen-bond donors (Lipinski definition) is 1. The summed E-state index contributed by atoms with van der Waals surface area (Å²) in [5.41, 5.74) is 0.808. The molecule has 2 aliphatic carbocycles. The number of aromatic amines is 1. The lowest BCUT2D eigenvalue weighted by atomic mass is 9.68. The van der Waals surface area contributed by atoms with Crippen LogP contribution >= 0.6 is 34.7 Å². The molecule has 0 spiro atoms. The number of amides is 2. The monoisotopic (exact) mass is 698 g/mol. The van der Waals surface area contributed by atoms with Gasteiger partial charge in [-0.1, -0.05) is 47.2 Å². The number of alkyl halides is 3. The number of nitrogens with one attached hydrogen (secondary N) is 1. The number of methoxy groups -OCH3 is 1. The zero-order valence-electron chi connectivity index (χ0n) is 24.6. The number of H-pyrrole nitrogens is 1. The summed E-state index contributed by atoms with van der Waals surface area (Å²) < 4.78 is 52.4. The second-order valence-electron chi connectivity index (χ2n) is 12.3. The van der Waals surface area contributed by atoms with Crippen molar-refractivity contribution in [3.05, 3.63) is 103 Å². The lowest BCUT2D eigenvalue weighted by Gasteiger charge is -2.43. The van der Waals surface area contributed by atoms with Crippen LogP contribution in [-0.2, 0) is 22.4 Å². The van der Waals surface area contributed by atoms with Gasteiger partial charge in [-0.15, -0.1) is 11.8 Å². The number of halogens is 4. The Bertz CT molecular complexity index is 2000. The van der Waals surface area contributed by atoms with Crippen LogP contribution in [0.4, 0.5) is 18.9 Å². The highest BCUT2D eigenvalue weighted by atomic mass is 35.5. The van der Waals surface area contributed by atoms with Gasteiger partial charge in [0, 0.05) is 21.1 Å². The summed E-state index contributed by atoms with van der Waals surface area (Å²) in [6.45, 7) is 0.274. The van der Waals surface area contributed by atoms with Crippen molar-refractivity contribution in [2.75, 3.05) is 12.0 Å². The Balaban J connectivity index is 1.14. The number of nitrogens with zero attached hydrogens (tertiary/aromatic N) is 1. The largest absolute Gasteiger partial charge is 0.493 e. The van der Waals surface area contributed by atoms with Gasteiger partial charge in [-0.3, -0.25) is 19.3 Å². The molecule has 3 fully saturated rings. The van der Waals surface area contributed by atoms with Gasteiger partial charge in [0.15, 0.2) is 11.5 Å². The van der Waals surface area contributed by atoms with E-state index in [4.69, 9.17) is 21.1 Å². The van der Waals surface area contributed by atoms with E-state index in [1.807, 2.05) is 36.4 Å². The SMILES string of the molecule is COc1cc([C@@H]2c3sc(=O)[nH]c3S[C@@H]3[C@@H]4C[C@@H]([C@@H]5C(=O)N(c6cccc(C(F)(F)F)c6)C(=O)[C@@H]45)[C@@H]23)ccc1OCc1cccc(Cl)c1. The lowest BCUT2D eigenvalue weighted by molar-refractivity contribution is -0.137. The van der Waals surface area contributed by atoms with E-state index in [-0.39, 0.29) is 46.1 Å². The number of carbonyl (C=O) groups excluding carboxylic acids is 2. The Hall–Kier alpha value is -3.74. The Labute approximate surface area is 280 Å². The number of benzene rings is 3. The third kappa shape index (κ3) is 4.90. The first kappa shape index (κ1) is 30.6. The minimum absolute atomic E-state index is 0.0580. The van der Waals surface area contributed by atoms with Crippen LogP contribution in [0.25, 0.3) is 0 Å². The summed E-state index contributed by atoms with van der Waals surface area (Å²) in [5.74, 6) is -1.87. The summed E-state index contributed by atoms with van der Waals surface area (Å²) >= 11 is 8.81.